The second-order valence-electron chi connectivity index (χ2n) is 8.74. The number of primary sulfonamides is 1. The number of anilines is 2. The molecular weight excluding hydrogens is 526 g/mol. The number of hydrogen-bond donors (Lipinski definition) is 6. The van der Waals surface area contributed by atoms with Crippen LogP contribution in [0.3, 0.4) is 0 Å². The molecule has 11 nitrogen and oxygen atoms in total. The molecule has 198 valence electrons. The lowest BCUT2D eigenvalue weighted by molar-refractivity contribution is 0.0695. The summed E-state index contributed by atoms with van der Waals surface area (Å²) in [5, 5.41) is 40.2. The summed E-state index contributed by atoms with van der Waals surface area (Å²) >= 11 is 0. The zero-order valence-electron chi connectivity index (χ0n) is 20.0. The summed E-state index contributed by atoms with van der Waals surface area (Å²) in [6.07, 6.45) is 0. The second kappa shape index (κ2) is 9.67. The zero-order valence-corrected chi connectivity index (χ0v) is 20.8. The number of phenolic OH excluding ortho intramolecular Hbond substituents is 2. The van der Waals surface area contributed by atoms with Crippen molar-refractivity contribution >= 4 is 33.4 Å². The van der Waals surface area contributed by atoms with Crippen LogP contribution in [0, 0.1) is 0 Å². The van der Waals surface area contributed by atoms with E-state index in [4.69, 9.17) is 9.88 Å². The molecule has 0 bridgehead atoms. The van der Waals surface area contributed by atoms with Gasteiger partial charge in [-0.1, -0.05) is 18.2 Å². The van der Waals surface area contributed by atoms with E-state index in [-0.39, 0.29) is 33.3 Å². The molecule has 12 heteroatoms. The number of ether oxygens (including phenoxy) is 1. The molecule has 0 aliphatic carbocycles. The van der Waals surface area contributed by atoms with Gasteiger partial charge in [-0.25, -0.2) is 23.1 Å². The zero-order chi connectivity index (χ0) is 27.9. The van der Waals surface area contributed by atoms with Crippen LogP contribution >= 0.6 is 0 Å². The van der Waals surface area contributed by atoms with Crippen LogP contribution in [0.1, 0.15) is 33.0 Å². The number of rotatable bonds is 5. The average Bonchev–Trinajstić information content (AvgIpc) is 2.87. The Morgan fingerprint density at radius 3 is 1.79 bits per heavy atom. The Hall–Kier alpha value is -5.07. The maximum absolute atomic E-state index is 12.5. The van der Waals surface area contributed by atoms with E-state index < -0.39 is 27.9 Å². The Morgan fingerprint density at radius 2 is 1.26 bits per heavy atom. The fourth-order valence-corrected chi connectivity index (χ4v) is 4.93. The smallest absolute Gasteiger partial charge is 0.336 e. The summed E-state index contributed by atoms with van der Waals surface area (Å²) in [5.74, 6) is -1.32. The highest BCUT2D eigenvalue weighted by molar-refractivity contribution is 7.89. The number of phenols is 2. The van der Waals surface area contributed by atoms with Crippen LogP contribution in [0.5, 0.6) is 23.0 Å². The molecule has 4 aromatic carbocycles. The fourth-order valence-electron chi connectivity index (χ4n) is 4.41. The van der Waals surface area contributed by atoms with E-state index >= 15 is 0 Å². The lowest BCUT2D eigenvalue weighted by atomic mass is 9.80. The van der Waals surface area contributed by atoms with Gasteiger partial charge in [0.15, 0.2) is 0 Å². The van der Waals surface area contributed by atoms with Crippen molar-refractivity contribution in [3.05, 3.63) is 101 Å². The molecule has 39 heavy (non-hydrogen) atoms. The summed E-state index contributed by atoms with van der Waals surface area (Å²) in [5.41, 5.74) is 2.00. The third-order valence-electron chi connectivity index (χ3n) is 6.13. The fraction of sp³-hybridized carbons (Fsp3) is 0.0370. The topological polar surface area (TPSA) is 188 Å². The monoisotopic (exact) mass is 547 g/mol. The first-order valence-corrected chi connectivity index (χ1v) is 13.0. The summed E-state index contributed by atoms with van der Waals surface area (Å²) in [6, 6.07) is 18.0. The molecule has 0 saturated carbocycles. The van der Waals surface area contributed by atoms with Crippen molar-refractivity contribution in [3.63, 3.8) is 0 Å². The maximum atomic E-state index is 12.5. The highest BCUT2D eigenvalue weighted by Crippen LogP contribution is 2.49. The minimum atomic E-state index is -3.88. The predicted octanol–water partition coefficient (Wildman–Crippen LogP) is 4.37. The maximum Gasteiger partial charge on any atom is 0.336 e. The van der Waals surface area contributed by atoms with Crippen molar-refractivity contribution in [2.45, 2.75) is 10.8 Å². The van der Waals surface area contributed by atoms with Gasteiger partial charge in [0.2, 0.25) is 10.0 Å². The molecule has 0 saturated heterocycles. The van der Waals surface area contributed by atoms with E-state index in [0.29, 0.717) is 28.2 Å². The van der Waals surface area contributed by atoms with E-state index in [1.54, 1.807) is 24.3 Å². The van der Waals surface area contributed by atoms with Gasteiger partial charge in [-0.05, 0) is 54.1 Å². The molecule has 0 spiro atoms. The molecular formula is C27H21N3O8S. The molecule has 7 N–H and O–H groups in total. The first-order valence-electron chi connectivity index (χ1n) is 11.4. The number of fused-ring (bicyclic) bond motifs is 2. The van der Waals surface area contributed by atoms with E-state index in [0.717, 1.165) is 0 Å². The van der Waals surface area contributed by atoms with Crippen molar-refractivity contribution in [1.29, 1.82) is 0 Å². The van der Waals surface area contributed by atoms with E-state index in [1.807, 2.05) is 0 Å². The predicted molar refractivity (Wildman–Crippen MR) is 141 cm³/mol. The molecule has 2 amide bonds. The number of carbonyl (C=O) groups excluding carboxylic acids is 1. The minimum absolute atomic E-state index is 0.0422. The van der Waals surface area contributed by atoms with Crippen molar-refractivity contribution in [2.75, 3.05) is 10.6 Å². The first kappa shape index (κ1) is 25.6. The summed E-state index contributed by atoms with van der Waals surface area (Å²) < 4.78 is 28.7. The number of carboxylic acids is 1. The van der Waals surface area contributed by atoms with Crippen LogP contribution in [0.2, 0.25) is 0 Å². The van der Waals surface area contributed by atoms with Crippen LogP contribution in [-0.2, 0) is 10.0 Å². The highest BCUT2D eigenvalue weighted by atomic mass is 32.2. The average molecular weight is 548 g/mol. The first-order chi connectivity index (χ1) is 18.5. The molecule has 1 heterocycles. The summed E-state index contributed by atoms with van der Waals surface area (Å²) in [4.78, 5) is 24.8. The van der Waals surface area contributed by atoms with Gasteiger partial charge in [0.05, 0.1) is 10.5 Å². The van der Waals surface area contributed by atoms with Gasteiger partial charge < -0.3 is 30.7 Å². The number of hydrogen-bond acceptors (Lipinski definition) is 7. The summed E-state index contributed by atoms with van der Waals surface area (Å²) in [6.45, 7) is 0. The Labute approximate surface area is 222 Å². The third-order valence-corrected chi connectivity index (χ3v) is 7.06. The van der Waals surface area contributed by atoms with Gasteiger partial charge in [0, 0.05) is 40.6 Å². The number of amides is 2. The molecule has 0 aromatic heterocycles. The van der Waals surface area contributed by atoms with E-state index in [2.05, 4.69) is 10.6 Å². The number of aromatic hydroxyl groups is 2. The van der Waals surface area contributed by atoms with Crippen LogP contribution in [0.4, 0.5) is 16.2 Å². The van der Waals surface area contributed by atoms with Crippen LogP contribution < -0.4 is 20.5 Å². The van der Waals surface area contributed by atoms with Crippen LogP contribution in [0.15, 0.2) is 83.8 Å². The Balaban J connectivity index is 1.47. The number of sulfonamides is 1. The summed E-state index contributed by atoms with van der Waals surface area (Å²) in [7, 11) is -3.88. The quantitative estimate of drug-likeness (QED) is 0.187. The van der Waals surface area contributed by atoms with Gasteiger partial charge in [0.25, 0.3) is 0 Å². The number of aromatic carboxylic acids is 1. The van der Waals surface area contributed by atoms with Gasteiger partial charge in [-0.2, -0.15) is 0 Å². The second-order valence-corrected chi connectivity index (χ2v) is 10.3. The number of carboxylic acid groups (broad SMARTS) is 1. The van der Waals surface area contributed by atoms with E-state index in [9.17, 15) is 33.3 Å². The molecule has 0 unspecified atom stereocenters. The van der Waals surface area contributed by atoms with Gasteiger partial charge >= 0.3 is 12.0 Å². The minimum Gasteiger partial charge on any atom is -0.508 e. The van der Waals surface area contributed by atoms with Crippen molar-refractivity contribution in [3.8, 4) is 23.0 Å². The number of nitrogens with one attached hydrogen (secondary N) is 2. The third kappa shape index (κ3) is 5.19. The van der Waals surface area contributed by atoms with Crippen molar-refractivity contribution in [2.24, 2.45) is 5.14 Å². The van der Waals surface area contributed by atoms with E-state index in [1.165, 1.54) is 54.6 Å². The molecule has 0 atom stereocenters. The number of carbonyl (C=O) groups is 2. The van der Waals surface area contributed by atoms with Crippen molar-refractivity contribution < 1.29 is 38.1 Å². The molecule has 0 fully saturated rings. The molecule has 5 rings (SSSR count). The van der Waals surface area contributed by atoms with Crippen molar-refractivity contribution in [1.82, 2.24) is 0 Å². The molecule has 1 aliphatic rings. The number of urea groups is 1. The number of nitrogens with two attached hydrogens (primary N) is 1. The lowest BCUT2D eigenvalue weighted by Gasteiger charge is -2.29. The molecule has 0 radical (unpaired) electrons. The van der Waals surface area contributed by atoms with Gasteiger partial charge in [-0.3, -0.25) is 0 Å². The van der Waals surface area contributed by atoms with Gasteiger partial charge in [-0.15, -0.1) is 0 Å². The Kier molecular flexibility index (Phi) is 6.34. The number of benzene rings is 4. The largest absolute Gasteiger partial charge is 0.508 e. The SMILES string of the molecule is NS(=O)(=O)c1ccc(NC(=O)Nc2ccc(C3c4ccc(O)cc4Oc4cc(O)ccc43)c(C(=O)O)c2)cc1. The standard InChI is InChI=1S/C27H21N3O8S/c28-39(36,37)18-6-1-14(2-7-18)29-27(35)30-15-3-8-19(22(11-15)26(33)34)25-20-9-4-16(31)12-23(20)38-24-13-17(32)5-10-21(24)25/h1-13,25,31-32H,(H,33,34)(H2,28,36,37)(H2,29,30,35). The highest BCUT2D eigenvalue weighted by Gasteiger charge is 2.32. The lowest BCUT2D eigenvalue weighted by Crippen LogP contribution is -2.20. The van der Waals surface area contributed by atoms with Gasteiger partial charge in [0.1, 0.15) is 23.0 Å². The molecule has 1 aliphatic heterocycles. The normalized spacial score (nSPS) is 12.5. The Bertz CT molecular complexity index is 1690. The van der Waals surface area contributed by atoms with Crippen LogP contribution in [-0.4, -0.2) is 35.7 Å². The molecule has 4 aromatic rings. The van der Waals surface area contributed by atoms with Crippen LogP contribution in [0.25, 0.3) is 0 Å². The Morgan fingerprint density at radius 1 is 0.744 bits per heavy atom.